The van der Waals surface area contributed by atoms with E-state index in [4.69, 9.17) is 0 Å². The summed E-state index contributed by atoms with van der Waals surface area (Å²) >= 11 is 1.58. The van der Waals surface area contributed by atoms with Crippen LogP contribution in [0, 0.1) is 0 Å². The summed E-state index contributed by atoms with van der Waals surface area (Å²) < 4.78 is 27.3. The molecule has 2 aliphatic rings. The maximum absolute atomic E-state index is 13.0. The zero-order chi connectivity index (χ0) is 21.0. The Labute approximate surface area is 178 Å². The van der Waals surface area contributed by atoms with Crippen LogP contribution in [0.5, 0.6) is 0 Å². The number of anilines is 1. The smallest absolute Gasteiger partial charge is 0.262 e. The number of thiophene rings is 1. The van der Waals surface area contributed by atoms with Crippen molar-refractivity contribution in [2.75, 3.05) is 16.6 Å². The minimum Gasteiger partial charge on any atom is -0.292 e. The van der Waals surface area contributed by atoms with Crippen molar-refractivity contribution < 1.29 is 13.2 Å². The van der Waals surface area contributed by atoms with E-state index < -0.39 is 10.0 Å². The van der Waals surface area contributed by atoms with Gasteiger partial charge in [0.1, 0.15) is 4.83 Å². The van der Waals surface area contributed by atoms with Gasteiger partial charge in [-0.05, 0) is 61.9 Å². The zero-order valence-electron chi connectivity index (χ0n) is 16.6. The van der Waals surface area contributed by atoms with E-state index in [2.05, 4.69) is 4.98 Å². The maximum atomic E-state index is 13.0. The number of hydrogen-bond donors (Lipinski definition) is 0. The number of Topliss-reactive ketones (excluding diaryl/α,β-unsaturated/α-hetero) is 1. The van der Waals surface area contributed by atoms with E-state index >= 15 is 0 Å². The van der Waals surface area contributed by atoms with Crippen LogP contribution in [0.15, 0.2) is 29.3 Å². The predicted octanol–water partition coefficient (Wildman–Crippen LogP) is 2.54. The van der Waals surface area contributed by atoms with Gasteiger partial charge >= 0.3 is 0 Å². The van der Waals surface area contributed by atoms with Gasteiger partial charge in [0.05, 0.1) is 29.7 Å². The van der Waals surface area contributed by atoms with Crippen molar-refractivity contribution in [2.45, 2.75) is 39.2 Å². The number of hydrogen-bond acceptors (Lipinski definition) is 6. The lowest BCUT2D eigenvalue weighted by atomic mass is 10.1. The largest absolute Gasteiger partial charge is 0.292 e. The molecule has 1 aliphatic heterocycles. The lowest BCUT2D eigenvalue weighted by Gasteiger charge is -2.18. The summed E-state index contributed by atoms with van der Waals surface area (Å²) in [5.41, 5.74) is 2.90. The molecule has 30 heavy (non-hydrogen) atoms. The number of aryl methyl sites for hydroxylation is 2. The summed E-state index contributed by atoms with van der Waals surface area (Å²) in [4.78, 5) is 32.3. The molecule has 1 aromatic carbocycles. The molecule has 0 amide bonds. The standard InChI is InChI=1S/C21H21N3O4S2/c1-2-30(27,28)24-9-8-13-10-14(6-7-16(13)24)17(25)11-23-12-22-20-19(21(23)26)15-4-3-5-18(15)29-20/h6-7,10,12H,2-5,8-9,11H2,1H3. The van der Waals surface area contributed by atoms with Crippen molar-refractivity contribution in [1.82, 2.24) is 9.55 Å². The van der Waals surface area contributed by atoms with Crippen molar-refractivity contribution in [2.24, 2.45) is 0 Å². The quantitative estimate of drug-likeness (QED) is 0.566. The third-order valence-corrected chi connectivity index (χ3v) is 8.94. The molecular formula is C21H21N3O4S2. The monoisotopic (exact) mass is 443 g/mol. The topological polar surface area (TPSA) is 89.3 Å². The summed E-state index contributed by atoms with van der Waals surface area (Å²) in [5.74, 6) is -0.151. The highest BCUT2D eigenvalue weighted by molar-refractivity contribution is 7.92. The van der Waals surface area contributed by atoms with Gasteiger partial charge in [0.25, 0.3) is 5.56 Å². The number of aromatic nitrogens is 2. The van der Waals surface area contributed by atoms with Gasteiger partial charge in [-0.2, -0.15) is 0 Å². The second kappa shape index (κ2) is 7.02. The molecule has 2 aromatic heterocycles. The second-order valence-corrected chi connectivity index (χ2v) is 11.0. The highest BCUT2D eigenvalue weighted by Gasteiger charge is 2.29. The van der Waals surface area contributed by atoms with Crippen LogP contribution >= 0.6 is 11.3 Å². The molecule has 0 radical (unpaired) electrons. The van der Waals surface area contributed by atoms with E-state index in [1.807, 2.05) is 0 Å². The molecule has 9 heteroatoms. The average molecular weight is 444 g/mol. The van der Waals surface area contributed by atoms with Crippen molar-refractivity contribution >= 4 is 43.0 Å². The Morgan fingerprint density at radius 1 is 1.23 bits per heavy atom. The van der Waals surface area contributed by atoms with E-state index in [9.17, 15) is 18.0 Å². The Morgan fingerprint density at radius 3 is 2.87 bits per heavy atom. The van der Waals surface area contributed by atoms with Crippen molar-refractivity contribution in [3.63, 3.8) is 0 Å². The van der Waals surface area contributed by atoms with Crippen molar-refractivity contribution in [3.8, 4) is 0 Å². The Balaban J connectivity index is 1.44. The molecule has 0 N–H and O–H groups in total. The molecule has 0 atom stereocenters. The molecule has 0 saturated carbocycles. The van der Waals surface area contributed by atoms with Crippen LogP contribution < -0.4 is 9.86 Å². The molecule has 0 spiro atoms. The SMILES string of the molecule is CCS(=O)(=O)N1CCc2cc(C(=O)Cn3cnc4sc5c(c4c3=O)CCC5)ccc21. The summed E-state index contributed by atoms with van der Waals surface area (Å²) in [6.45, 7) is 1.94. The predicted molar refractivity (Wildman–Crippen MR) is 117 cm³/mol. The fourth-order valence-electron chi connectivity index (χ4n) is 4.37. The highest BCUT2D eigenvalue weighted by atomic mass is 32.2. The Morgan fingerprint density at radius 2 is 2.07 bits per heavy atom. The van der Waals surface area contributed by atoms with Gasteiger partial charge in [-0.3, -0.25) is 18.5 Å². The summed E-state index contributed by atoms with van der Waals surface area (Å²) in [6.07, 6.45) is 4.98. The Hall–Kier alpha value is -2.52. The number of benzene rings is 1. The molecule has 5 rings (SSSR count). The molecule has 7 nitrogen and oxygen atoms in total. The highest BCUT2D eigenvalue weighted by Crippen LogP contribution is 2.34. The normalized spacial score (nSPS) is 15.6. The fourth-order valence-corrected chi connectivity index (χ4v) is 6.75. The fraction of sp³-hybridized carbons (Fsp3) is 0.381. The number of rotatable bonds is 5. The summed E-state index contributed by atoms with van der Waals surface area (Å²) in [6, 6.07) is 5.09. The lowest BCUT2D eigenvalue weighted by Crippen LogP contribution is -2.30. The summed E-state index contributed by atoms with van der Waals surface area (Å²) in [7, 11) is -3.32. The number of sulfonamides is 1. The molecular weight excluding hydrogens is 422 g/mol. The lowest BCUT2D eigenvalue weighted by molar-refractivity contribution is 0.0970. The molecule has 3 aromatic rings. The van der Waals surface area contributed by atoms with Gasteiger partial charge in [-0.1, -0.05) is 0 Å². The van der Waals surface area contributed by atoms with Gasteiger partial charge in [0.15, 0.2) is 5.78 Å². The van der Waals surface area contributed by atoms with E-state index in [1.54, 1.807) is 36.5 Å². The molecule has 3 heterocycles. The minimum absolute atomic E-state index is 0.0395. The van der Waals surface area contributed by atoms with Crippen LogP contribution in [0.1, 0.15) is 39.7 Å². The molecule has 0 bridgehead atoms. The molecule has 0 saturated heterocycles. The first-order chi connectivity index (χ1) is 14.4. The van der Waals surface area contributed by atoms with Crippen LogP contribution in [-0.2, 0) is 35.8 Å². The Bertz CT molecular complexity index is 1350. The van der Waals surface area contributed by atoms with E-state index in [1.165, 1.54) is 20.1 Å². The van der Waals surface area contributed by atoms with Crippen LogP contribution in [-0.4, -0.2) is 36.0 Å². The summed E-state index contributed by atoms with van der Waals surface area (Å²) in [5, 5.41) is 0.664. The minimum atomic E-state index is -3.32. The number of carbonyl (C=O) groups excluding carboxylic acids is 1. The number of carbonyl (C=O) groups is 1. The molecule has 0 unspecified atom stereocenters. The van der Waals surface area contributed by atoms with Gasteiger partial charge in [-0.25, -0.2) is 13.4 Å². The first-order valence-electron chi connectivity index (χ1n) is 10.1. The van der Waals surface area contributed by atoms with Crippen molar-refractivity contribution in [1.29, 1.82) is 0 Å². The van der Waals surface area contributed by atoms with Gasteiger partial charge in [0, 0.05) is 17.0 Å². The van der Waals surface area contributed by atoms with Crippen LogP contribution in [0.25, 0.3) is 10.2 Å². The second-order valence-electron chi connectivity index (χ2n) is 7.70. The Kier molecular flexibility index (Phi) is 4.55. The van der Waals surface area contributed by atoms with Crippen LogP contribution in [0.3, 0.4) is 0 Å². The van der Waals surface area contributed by atoms with Crippen molar-refractivity contribution in [3.05, 3.63) is 56.4 Å². The number of fused-ring (bicyclic) bond motifs is 4. The number of nitrogens with zero attached hydrogens (tertiary/aromatic N) is 3. The van der Waals surface area contributed by atoms with Crippen LogP contribution in [0.2, 0.25) is 0 Å². The first-order valence-corrected chi connectivity index (χ1v) is 12.5. The third kappa shape index (κ3) is 2.99. The maximum Gasteiger partial charge on any atom is 0.262 e. The third-order valence-electron chi connectivity index (χ3n) is 5.96. The molecule has 0 fully saturated rings. The van der Waals surface area contributed by atoms with Crippen LogP contribution in [0.4, 0.5) is 5.69 Å². The zero-order valence-corrected chi connectivity index (χ0v) is 18.2. The van der Waals surface area contributed by atoms with E-state index in [0.717, 1.165) is 35.2 Å². The van der Waals surface area contributed by atoms with Gasteiger partial charge < -0.3 is 0 Å². The van der Waals surface area contributed by atoms with E-state index in [-0.39, 0.29) is 23.6 Å². The van der Waals surface area contributed by atoms with Gasteiger partial charge in [-0.15, -0.1) is 11.3 Å². The average Bonchev–Trinajstić information content (AvgIpc) is 3.43. The molecule has 1 aliphatic carbocycles. The molecule has 156 valence electrons. The van der Waals surface area contributed by atoms with E-state index in [0.29, 0.717) is 29.6 Å². The number of ketones is 1. The van der Waals surface area contributed by atoms with Gasteiger partial charge in [0.2, 0.25) is 10.0 Å². The first kappa shape index (κ1) is 19.4.